The number of halogens is 1. The zero-order chi connectivity index (χ0) is 23.8. The molecule has 34 heavy (non-hydrogen) atoms. The summed E-state index contributed by atoms with van der Waals surface area (Å²) in [4.78, 5) is 7.71. The highest BCUT2D eigenvalue weighted by atomic mass is 19.1. The molecule has 1 N–H and O–H groups in total. The van der Waals surface area contributed by atoms with Crippen LogP contribution in [0.25, 0.3) is 0 Å². The second kappa shape index (κ2) is 11.8. The Morgan fingerprint density at radius 1 is 1.18 bits per heavy atom. The van der Waals surface area contributed by atoms with Crippen LogP contribution in [0.4, 0.5) is 4.39 Å². The molecule has 2 aromatic carbocycles. The first-order valence-corrected chi connectivity index (χ1v) is 11.2. The van der Waals surface area contributed by atoms with Crippen LogP contribution in [0.2, 0.25) is 0 Å². The number of hydrogen-bond donors (Lipinski definition) is 1. The van der Waals surface area contributed by atoms with E-state index in [-0.39, 0.29) is 18.5 Å². The van der Waals surface area contributed by atoms with Gasteiger partial charge in [0.05, 0.1) is 31.8 Å². The van der Waals surface area contributed by atoms with Gasteiger partial charge in [-0.05, 0) is 35.9 Å². The lowest BCUT2D eigenvalue weighted by atomic mass is 10.0. The predicted molar refractivity (Wildman–Crippen MR) is 125 cm³/mol. The van der Waals surface area contributed by atoms with E-state index in [1.54, 1.807) is 37.6 Å². The largest absolute Gasteiger partial charge is 0.497 e. The summed E-state index contributed by atoms with van der Waals surface area (Å²) in [5, 5.41) is 14.8. The molecule has 0 saturated heterocycles. The summed E-state index contributed by atoms with van der Waals surface area (Å²) in [6.45, 7) is 1.91. The van der Waals surface area contributed by atoms with Crippen molar-refractivity contribution in [2.75, 3.05) is 26.8 Å². The van der Waals surface area contributed by atoms with E-state index in [9.17, 15) is 9.50 Å². The summed E-state index contributed by atoms with van der Waals surface area (Å²) in [7, 11) is 1.63. The van der Waals surface area contributed by atoms with Crippen LogP contribution in [-0.2, 0) is 22.7 Å². The van der Waals surface area contributed by atoms with Crippen LogP contribution >= 0.6 is 0 Å². The van der Waals surface area contributed by atoms with Crippen molar-refractivity contribution >= 4 is 5.71 Å². The minimum atomic E-state index is -0.714. The summed E-state index contributed by atoms with van der Waals surface area (Å²) in [6, 6.07) is 18.0. The first-order valence-electron chi connectivity index (χ1n) is 11.2. The molecule has 0 aliphatic carbocycles. The molecule has 0 amide bonds. The number of aliphatic hydroxyl groups is 1. The van der Waals surface area contributed by atoms with Crippen molar-refractivity contribution in [1.29, 1.82) is 0 Å². The van der Waals surface area contributed by atoms with Crippen molar-refractivity contribution < 1.29 is 28.2 Å². The number of ether oxygens (including phenoxy) is 2. The van der Waals surface area contributed by atoms with E-state index in [0.717, 1.165) is 11.3 Å². The molecular weight excluding hydrogens is 439 g/mol. The first-order chi connectivity index (χ1) is 16.6. The minimum Gasteiger partial charge on any atom is -0.497 e. The second-order valence-electron chi connectivity index (χ2n) is 8.24. The fourth-order valence-corrected chi connectivity index (χ4v) is 3.94. The average Bonchev–Trinajstić information content (AvgIpc) is 3.52. The van der Waals surface area contributed by atoms with E-state index in [1.165, 1.54) is 6.07 Å². The molecule has 3 aromatic rings. The van der Waals surface area contributed by atoms with Crippen LogP contribution in [0.1, 0.15) is 23.3 Å². The third-order valence-corrected chi connectivity index (χ3v) is 5.52. The molecule has 7 nitrogen and oxygen atoms in total. The van der Waals surface area contributed by atoms with E-state index in [4.69, 9.17) is 18.7 Å². The van der Waals surface area contributed by atoms with Crippen molar-refractivity contribution in [3.63, 3.8) is 0 Å². The van der Waals surface area contributed by atoms with Crippen molar-refractivity contribution in [3.05, 3.63) is 89.6 Å². The number of nitrogens with zero attached hydrogens (tertiary/aromatic N) is 2. The van der Waals surface area contributed by atoms with Gasteiger partial charge in [0.1, 0.15) is 30.0 Å². The summed E-state index contributed by atoms with van der Waals surface area (Å²) in [6.07, 6.45) is 1.11. The standard InChI is InChI=1S/C26H29FN2O5/c1-31-21-7-4-6-19(12-21)14-29(15-20(30)17-32-18-22-8-5-11-33-22)16-23-13-26(28-34-23)24-9-2-3-10-25(24)27/h2-12,20,23,30H,13-18H2,1H3/t20-,23-/m0/s1. The monoisotopic (exact) mass is 468 g/mol. The summed E-state index contributed by atoms with van der Waals surface area (Å²) < 4.78 is 30.4. The number of benzene rings is 2. The van der Waals surface area contributed by atoms with E-state index in [2.05, 4.69) is 10.1 Å². The highest BCUT2D eigenvalue weighted by Gasteiger charge is 2.27. The van der Waals surface area contributed by atoms with Gasteiger partial charge >= 0.3 is 0 Å². The smallest absolute Gasteiger partial charge is 0.145 e. The Morgan fingerprint density at radius 2 is 2.06 bits per heavy atom. The first kappa shape index (κ1) is 23.9. The van der Waals surface area contributed by atoms with Gasteiger partial charge in [-0.15, -0.1) is 0 Å². The Hall–Kier alpha value is -3.20. The molecule has 0 radical (unpaired) electrons. The summed E-state index contributed by atoms with van der Waals surface area (Å²) >= 11 is 0. The molecule has 180 valence electrons. The van der Waals surface area contributed by atoms with Gasteiger partial charge in [-0.25, -0.2) is 4.39 Å². The molecule has 2 atom stereocenters. The van der Waals surface area contributed by atoms with Gasteiger partial charge in [0.15, 0.2) is 0 Å². The minimum absolute atomic E-state index is 0.164. The molecule has 1 aliphatic heterocycles. The Bertz CT molecular complexity index is 1070. The Labute approximate surface area is 198 Å². The van der Waals surface area contributed by atoms with E-state index >= 15 is 0 Å². The van der Waals surface area contributed by atoms with E-state index in [1.807, 2.05) is 30.3 Å². The van der Waals surface area contributed by atoms with Crippen LogP contribution < -0.4 is 4.74 Å². The Balaban J connectivity index is 1.37. The van der Waals surface area contributed by atoms with Crippen LogP contribution in [0.5, 0.6) is 5.75 Å². The molecule has 4 rings (SSSR count). The Kier molecular flexibility index (Phi) is 8.30. The van der Waals surface area contributed by atoms with Gasteiger partial charge in [-0.3, -0.25) is 4.90 Å². The number of hydrogen-bond acceptors (Lipinski definition) is 7. The van der Waals surface area contributed by atoms with Gasteiger partial charge in [-0.2, -0.15) is 0 Å². The van der Waals surface area contributed by atoms with Gasteiger partial charge in [0.2, 0.25) is 0 Å². The van der Waals surface area contributed by atoms with Crippen LogP contribution in [0.3, 0.4) is 0 Å². The van der Waals surface area contributed by atoms with E-state index in [0.29, 0.717) is 49.7 Å². The molecule has 0 unspecified atom stereocenters. The number of furan rings is 1. The van der Waals surface area contributed by atoms with Gasteiger partial charge < -0.3 is 23.8 Å². The highest BCUT2D eigenvalue weighted by molar-refractivity contribution is 6.01. The highest BCUT2D eigenvalue weighted by Crippen LogP contribution is 2.21. The number of rotatable bonds is 12. The van der Waals surface area contributed by atoms with Crippen molar-refractivity contribution in [2.24, 2.45) is 5.16 Å². The number of aliphatic hydroxyl groups excluding tert-OH is 1. The second-order valence-corrected chi connectivity index (χ2v) is 8.24. The SMILES string of the molecule is COc1cccc(CN(C[C@H](O)COCc2ccco2)C[C@@H]2CC(c3ccccc3F)=NO2)c1. The maximum Gasteiger partial charge on any atom is 0.145 e. The summed E-state index contributed by atoms with van der Waals surface area (Å²) in [5.74, 6) is 1.16. The maximum absolute atomic E-state index is 14.2. The molecule has 0 spiro atoms. The lowest BCUT2D eigenvalue weighted by Gasteiger charge is -2.27. The molecule has 8 heteroatoms. The molecule has 0 bridgehead atoms. The third kappa shape index (κ3) is 6.66. The molecule has 1 aliphatic rings. The number of oxime groups is 1. The van der Waals surface area contributed by atoms with Gasteiger partial charge in [0, 0.05) is 31.6 Å². The van der Waals surface area contributed by atoms with Crippen molar-refractivity contribution in [2.45, 2.75) is 31.8 Å². The van der Waals surface area contributed by atoms with Crippen LogP contribution in [0.15, 0.2) is 76.5 Å². The van der Waals surface area contributed by atoms with Gasteiger partial charge in [-0.1, -0.05) is 35.5 Å². The summed E-state index contributed by atoms with van der Waals surface area (Å²) in [5.41, 5.74) is 2.08. The fourth-order valence-electron chi connectivity index (χ4n) is 3.94. The van der Waals surface area contributed by atoms with Crippen molar-refractivity contribution in [1.82, 2.24) is 4.90 Å². The van der Waals surface area contributed by atoms with E-state index < -0.39 is 6.10 Å². The average molecular weight is 469 g/mol. The normalized spacial score (nSPS) is 16.4. The lowest BCUT2D eigenvalue weighted by Crippen LogP contribution is -2.39. The quantitative estimate of drug-likeness (QED) is 0.433. The molecular formula is C26H29FN2O5. The van der Waals surface area contributed by atoms with Crippen LogP contribution in [0, 0.1) is 5.82 Å². The van der Waals surface area contributed by atoms with Crippen LogP contribution in [-0.4, -0.2) is 54.7 Å². The van der Waals surface area contributed by atoms with Crippen molar-refractivity contribution in [3.8, 4) is 5.75 Å². The molecule has 0 fully saturated rings. The maximum atomic E-state index is 14.2. The predicted octanol–water partition coefficient (Wildman–Crippen LogP) is 4.00. The zero-order valence-corrected chi connectivity index (χ0v) is 19.1. The number of methoxy groups -OCH3 is 1. The molecule has 1 aromatic heterocycles. The third-order valence-electron chi connectivity index (χ3n) is 5.52. The zero-order valence-electron chi connectivity index (χ0n) is 19.1. The topological polar surface area (TPSA) is 76.7 Å². The Morgan fingerprint density at radius 3 is 2.85 bits per heavy atom. The molecule has 0 saturated carbocycles. The van der Waals surface area contributed by atoms with Gasteiger partial charge in [0.25, 0.3) is 0 Å². The molecule has 2 heterocycles. The lowest BCUT2D eigenvalue weighted by molar-refractivity contribution is -0.00956. The fraction of sp³-hybridized carbons (Fsp3) is 0.346.